The zero-order chi connectivity index (χ0) is 46.0. The smallest absolute Gasteiger partial charge is 0.280 e. The molecule has 5 aliphatic rings. The highest BCUT2D eigenvalue weighted by Crippen LogP contribution is 2.60. The summed E-state index contributed by atoms with van der Waals surface area (Å²) in [6.45, 7) is 9.58. The number of imidazole rings is 1. The molecule has 0 amide bonds. The van der Waals surface area contributed by atoms with Crippen molar-refractivity contribution >= 4 is 25.6 Å². The van der Waals surface area contributed by atoms with Gasteiger partial charge in [-0.25, -0.2) is 9.65 Å². The molecule has 4 saturated carbocycles. The average molecular weight is 918 g/mol. The van der Waals surface area contributed by atoms with Crippen molar-refractivity contribution in [3.8, 4) is 17.6 Å². The normalized spacial score (nSPS) is 25.2. The van der Waals surface area contributed by atoms with Crippen molar-refractivity contribution in [3.63, 3.8) is 0 Å². The second kappa shape index (κ2) is 19.8. The first-order chi connectivity index (χ1) is 32.0. The molecule has 4 atom stereocenters. The van der Waals surface area contributed by atoms with E-state index in [0.717, 1.165) is 52.5 Å². The highest BCUT2D eigenvalue weighted by molar-refractivity contribution is 7.44. The molecular formula is C51H64N7O7P. The maximum Gasteiger partial charge on any atom is 0.280 e. The molecule has 0 radical (unpaired) electrons. The van der Waals surface area contributed by atoms with Crippen molar-refractivity contribution in [2.45, 2.75) is 115 Å². The fraction of sp³-hybridized carbons (Fsp3) is 0.529. The third kappa shape index (κ3) is 9.36. The van der Waals surface area contributed by atoms with Crippen LogP contribution in [-0.2, 0) is 24.1 Å². The van der Waals surface area contributed by atoms with E-state index < -0.39 is 32.6 Å². The minimum absolute atomic E-state index is 0.0831. The van der Waals surface area contributed by atoms with E-state index in [4.69, 9.17) is 33.0 Å². The highest BCUT2D eigenvalue weighted by Gasteiger charge is 2.51. The molecule has 1 unspecified atom stereocenters. The first kappa shape index (κ1) is 46.2. The molecule has 1 saturated heterocycles. The van der Waals surface area contributed by atoms with E-state index in [1.165, 1.54) is 38.5 Å². The van der Waals surface area contributed by atoms with E-state index in [0.29, 0.717) is 18.0 Å². The lowest BCUT2D eigenvalue weighted by atomic mass is 9.49. The summed E-state index contributed by atoms with van der Waals surface area (Å²) in [5.41, 5.74) is 2.19. The molecule has 4 aliphatic carbocycles. The number of anilines is 1. The monoisotopic (exact) mass is 917 g/mol. The van der Waals surface area contributed by atoms with Gasteiger partial charge < -0.3 is 33.3 Å². The molecule has 0 spiro atoms. The SMILES string of the molecule is COc1ccc(C(OC[C@H]2O[C@@H](n3cnc4c(=O)[nH]c(NCC56CC7CC(CC(C7)C5)C6)nc43)C[C@@H]2OP(OCCC#N)N(C(C)C)C(C)C)(c2ccccc2)c2ccc(OC)cc2)cc1. The summed E-state index contributed by atoms with van der Waals surface area (Å²) in [6, 6.07) is 28.4. The third-order valence-electron chi connectivity index (χ3n) is 14.2. The van der Waals surface area contributed by atoms with Crippen molar-refractivity contribution in [1.82, 2.24) is 24.2 Å². The van der Waals surface area contributed by atoms with Crippen LogP contribution >= 0.6 is 8.53 Å². The molecule has 3 heterocycles. The number of methoxy groups -OCH3 is 2. The maximum atomic E-state index is 13.7. The van der Waals surface area contributed by atoms with Crippen LogP contribution in [0.3, 0.4) is 0 Å². The van der Waals surface area contributed by atoms with E-state index in [-0.39, 0.29) is 48.2 Å². The van der Waals surface area contributed by atoms with Crippen molar-refractivity contribution < 1.29 is 28.0 Å². The highest BCUT2D eigenvalue weighted by atomic mass is 31.2. The fourth-order valence-corrected chi connectivity index (χ4v) is 13.6. The minimum Gasteiger partial charge on any atom is -0.497 e. The molecule has 4 bridgehead atoms. The molecule has 3 aromatic carbocycles. The molecule has 5 aromatic rings. The van der Waals surface area contributed by atoms with Crippen LogP contribution in [0, 0.1) is 34.5 Å². The third-order valence-corrected chi connectivity index (χ3v) is 16.4. The molecule has 66 heavy (non-hydrogen) atoms. The maximum absolute atomic E-state index is 13.7. The number of hydrogen-bond acceptors (Lipinski definition) is 12. The van der Waals surface area contributed by atoms with Gasteiger partial charge in [-0.05, 0) is 130 Å². The summed E-state index contributed by atoms with van der Waals surface area (Å²) >= 11 is 0. The zero-order valence-electron chi connectivity index (χ0n) is 39.0. The molecule has 5 fully saturated rings. The van der Waals surface area contributed by atoms with Crippen molar-refractivity contribution in [1.29, 1.82) is 5.26 Å². The van der Waals surface area contributed by atoms with Crippen LogP contribution in [0.25, 0.3) is 11.2 Å². The van der Waals surface area contributed by atoms with Crippen molar-refractivity contribution in [3.05, 3.63) is 112 Å². The number of aromatic amines is 1. The van der Waals surface area contributed by atoms with E-state index in [9.17, 15) is 10.1 Å². The topological polar surface area (TPSA) is 158 Å². The van der Waals surface area contributed by atoms with Crippen LogP contribution in [-0.4, -0.2) is 82.5 Å². The van der Waals surface area contributed by atoms with Crippen molar-refractivity contribution in [2.75, 3.05) is 39.3 Å². The Kier molecular flexibility index (Phi) is 13.9. The average Bonchev–Trinajstić information content (AvgIpc) is 3.93. The Morgan fingerprint density at radius 3 is 2.05 bits per heavy atom. The van der Waals surface area contributed by atoms with Crippen LogP contribution < -0.4 is 20.3 Å². The number of benzene rings is 3. The van der Waals surface area contributed by atoms with Crippen LogP contribution in [0.5, 0.6) is 11.5 Å². The minimum atomic E-state index is -1.66. The molecule has 14 nitrogen and oxygen atoms in total. The number of nitriles is 1. The number of H-pyrrole nitrogens is 1. The number of fused-ring (bicyclic) bond motifs is 1. The van der Waals surface area contributed by atoms with Gasteiger partial charge in [0.05, 0.1) is 52.4 Å². The molecule has 1 aliphatic heterocycles. The molecule has 15 heteroatoms. The Labute approximate surface area is 389 Å². The predicted molar refractivity (Wildman–Crippen MR) is 254 cm³/mol. The fourth-order valence-electron chi connectivity index (χ4n) is 11.8. The molecule has 350 valence electrons. The summed E-state index contributed by atoms with van der Waals surface area (Å²) in [7, 11) is 1.65. The van der Waals surface area contributed by atoms with Gasteiger partial charge in [0.25, 0.3) is 14.1 Å². The van der Waals surface area contributed by atoms with Crippen LogP contribution in [0.2, 0.25) is 0 Å². The van der Waals surface area contributed by atoms with Gasteiger partial charge in [-0.15, -0.1) is 0 Å². The number of hydrogen-bond donors (Lipinski definition) is 2. The number of aromatic nitrogens is 4. The summed E-state index contributed by atoms with van der Waals surface area (Å²) in [6.07, 6.45) is 8.31. The summed E-state index contributed by atoms with van der Waals surface area (Å²) < 4.78 is 43.4. The van der Waals surface area contributed by atoms with Gasteiger partial charge in [0, 0.05) is 25.0 Å². The Morgan fingerprint density at radius 2 is 1.48 bits per heavy atom. The van der Waals surface area contributed by atoms with Gasteiger partial charge in [-0.1, -0.05) is 54.6 Å². The lowest BCUT2D eigenvalue weighted by molar-refractivity contribution is -0.0912. The van der Waals surface area contributed by atoms with Crippen LogP contribution in [0.4, 0.5) is 5.95 Å². The van der Waals surface area contributed by atoms with E-state index in [2.05, 4.69) is 65.9 Å². The number of ether oxygens (including phenoxy) is 4. The van der Waals surface area contributed by atoms with E-state index in [1.807, 2.05) is 71.3 Å². The second-order valence-electron chi connectivity index (χ2n) is 19.4. The van der Waals surface area contributed by atoms with Gasteiger partial charge in [0.15, 0.2) is 11.2 Å². The van der Waals surface area contributed by atoms with E-state index >= 15 is 0 Å². The van der Waals surface area contributed by atoms with Crippen LogP contribution in [0.15, 0.2) is 90.0 Å². The van der Waals surface area contributed by atoms with Gasteiger partial charge in [-0.3, -0.25) is 14.3 Å². The molecule has 2 aromatic heterocycles. The molecule has 10 rings (SSSR count). The van der Waals surface area contributed by atoms with Gasteiger partial charge in [0.1, 0.15) is 29.4 Å². The molecule has 2 N–H and O–H groups in total. The number of nitrogens with one attached hydrogen (secondary N) is 2. The van der Waals surface area contributed by atoms with E-state index in [1.54, 1.807) is 20.5 Å². The van der Waals surface area contributed by atoms with Crippen LogP contribution in [0.1, 0.15) is 102 Å². The predicted octanol–water partition coefficient (Wildman–Crippen LogP) is 9.72. The largest absolute Gasteiger partial charge is 0.497 e. The first-order valence-corrected chi connectivity index (χ1v) is 24.7. The standard InChI is InChI=1S/C51H64N7O7P/c1-33(2)58(34(3)4)66(63-22-10-21-52)65-43-26-45(57-32-54-46-47(57)55-49(56-48(46)59)53-31-50-27-35-23-36(28-50)25-37(24-35)29-50)64-44(43)30-62-51(38-11-8-7-9-12-38,39-13-17-41(60-5)18-14-39)40-15-19-42(61-6)20-16-40/h7-9,11-20,32-37,43-45H,10,22-31H2,1-6H3,(H2,53,55,56,59)/t35?,36?,37?,43-,44+,45+,50?,66?/m0/s1. The van der Waals surface area contributed by atoms with Gasteiger partial charge in [0.2, 0.25) is 5.95 Å². The lowest BCUT2D eigenvalue weighted by Crippen LogP contribution is -2.49. The summed E-state index contributed by atoms with van der Waals surface area (Å²) in [4.78, 5) is 26.3. The lowest BCUT2D eigenvalue weighted by Gasteiger charge is -2.56. The summed E-state index contributed by atoms with van der Waals surface area (Å²) in [5.74, 6) is 4.34. The Morgan fingerprint density at radius 1 is 0.894 bits per heavy atom. The quantitative estimate of drug-likeness (QED) is 0.0433. The summed E-state index contributed by atoms with van der Waals surface area (Å²) in [5, 5.41) is 13.1. The zero-order valence-corrected chi connectivity index (χ0v) is 39.9. The first-order valence-electron chi connectivity index (χ1n) is 23.6. The number of rotatable bonds is 20. The van der Waals surface area contributed by atoms with Crippen molar-refractivity contribution in [2.24, 2.45) is 23.2 Å². The number of nitrogens with zero attached hydrogens (tertiary/aromatic N) is 5. The Hall–Kier alpha value is -4.87. The molecular weight excluding hydrogens is 854 g/mol. The van der Waals surface area contributed by atoms with Gasteiger partial charge in [-0.2, -0.15) is 10.2 Å². The van der Waals surface area contributed by atoms with Gasteiger partial charge >= 0.3 is 0 Å². The Balaban J connectivity index is 1.07. The second-order valence-corrected chi connectivity index (χ2v) is 20.8. The Bertz CT molecular complexity index is 2420.